The summed E-state index contributed by atoms with van der Waals surface area (Å²) in [5.41, 5.74) is 1.55. The Morgan fingerprint density at radius 2 is 1.62 bits per heavy atom. The molecule has 0 unspecified atom stereocenters. The van der Waals surface area contributed by atoms with Gasteiger partial charge in [0.05, 0.1) is 10.6 Å². The van der Waals surface area contributed by atoms with E-state index in [-0.39, 0.29) is 11.9 Å². The van der Waals surface area contributed by atoms with Crippen molar-refractivity contribution in [1.29, 1.82) is 0 Å². The second-order valence-electron chi connectivity index (χ2n) is 6.43. The van der Waals surface area contributed by atoms with Gasteiger partial charge < -0.3 is 5.32 Å². The molecule has 0 aromatic heterocycles. The summed E-state index contributed by atoms with van der Waals surface area (Å²) in [6.45, 7) is 2.58. The molecule has 1 N–H and O–H groups in total. The molecule has 1 saturated heterocycles. The maximum absolute atomic E-state index is 12.4. The first kappa shape index (κ1) is 19.8. The van der Waals surface area contributed by atoms with Crippen LogP contribution in [0.1, 0.15) is 28.8 Å². The average molecular weight is 432 g/mol. The lowest BCUT2D eigenvalue weighted by Gasteiger charge is -2.32. The number of hydrogen-bond acceptors (Lipinski definition) is 2. The minimum Gasteiger partial charge on any atom is -0.349 e. The monoisotopic (exact) mass is 430 g/mol. The number of carbonyl (C=O) groups excluding carboxylic acids is 1. The molecule has 138 valence electrons. The zero-order valence-electron chi connectivity index (χ0n) is 13.9. The molecule has 7 heteroatoms. The van der Waals surface area contributed by atoms with Crippen LogP contribution in [-0.2, 0) is 6.54 Å². The molecule has 0 bridgehead atoms. The smallest absolute Gasteiger partial charge is 0.253 e. The molecule has 0 spiro atoms. The number of likely N-dealkylation sites (tertiary alicyclic amines) is 1. The lowest BCUT2D eigenvalue weighted by Crippen LogP contribution is -2.44. The van der Waals surface area contributed by atoms with E-state index in [9.17, 15) is 4.79 Å². The van der Waals surface area contributed by atoms with E-state index >= 15 is 0 Å². The largest absolute Gasteiger partial charge is 0.349 e. The molecule has 0 aliphatic carbocycles. The van der Waals surface area contributed by atoms with Gasteiger partial charge in [-0.15, -0.1) is 0 Å². The van der Waals surface area contributed by atoms with Gasteiger partial charge in [-0.25, -0.2) is 0 Å². The van der Waals surface area contributed by atoms with Crippen molar-refractivity contribution >= 4 is 52.3 Å². The fourth-order valence-corrected chi connectivity index (χ4v) is 4.20. The molecule has 1 aliphatic heterocycles. The second kappa shape index (κ2) is 8.81. The third-order valence-corrected chi connectivity index (χ3v) is 5.41. The van der Waals surface area contributed by atoms with Crippen molar-refractivity contribution in [2.75, 3.05) is 13.1 Å². The summed E-state index contributed by atoms with van der Waals surface area (Å²) in [6.07, 6.45) is 1.76. The molecule has 1 amide bonds. The highest BCUT2D eigenvalue weighted by atomic mass is 35.5. The lowest BCUT2D eigenvalue weighted by atomic mass is 10.0. The van der Waals surface area contributed by atoms with Crippen LogP contribution in [0.5, 0.6) is 0 Å². The van der Waals surface area contributed by atoms with Gasteiger partial charge in [-0.2, -0.15) is 0 Å². The summed E-state index contributed by atoms with van der Waals surface area (Å²) in [6, 6.07) is 10.6. The third-order valence-electron chi connectivity index (χ3n) is 4.43. The van der Waals surface area contributed by atoms with Crippen molar-refractivity contribution in [2.45, 2.75) is 25.4 Å². The summed E-state index contributed by atoms with van der Waals surface area (Å²) < 4.78 is 0. The van der Waals surface area contributed by atoms with Crippen LogP contribution in [0, 0.1) is 0 Å². The van der Waals surface area contributed by atoms with Crippen molar-refractivity contribution in [3.63, 3.8) is 0 Å². The molecule has 2 aromatic rings. The Bertz CT molecular complexity index is 784. The summed E-state index contributed by atoms with van der Waals surface area (Å²) in [4.78, 5) is 14.7. The van der Waals surface area contributed by atoms with Crippen LogP contribution >= 0.6 is 46.4 Å². The van der Waals surface area contributed by atoms with E-state index in [1.165, 1.54) is 0 Å². The van der Waals surface area contributed by atoms with Crippen molar-refractivity contribution < 1.29 is 4.79 Å². The van der Waals surface area contributed by atoms with Crippen molar-refractivity contribution in [1.82, 2.24) is 10.2 Å². The second-order valence-corrected chi connectivity index (χ2v) is 8.14. The van der Waals surface area contributed by atoms with E-state index in [1.807, 2.05) is 12.1 Å². The first-order valence-corrected chi connectivity index (χ1v) is 9.85. The molecule has 3 rings (SSSR count). The minimum atomic E-state index is -0.160. The molecular formula is C19H18Cl4N2O. The SMILES string of the molecule is O=C(NC1CCN(Cc2cc(Cl)cc(Cl)c2)CC1)c1ccc(Cl)cc1Cl. The summed E-state index contributed by atoms with van der Waals surface area (Å²) in [5, 5.41) is 5.24. The Balaban J connectivity index is 1.52. The number of carbonyl (C=O) groups is 1. The van der Waals surface area contributed by atoms with Crippen LogP contribution in [0.25, 0.3) is 0 Å². The number of halogens is 4. The van der Waals surface area contributed by atoms with E-state index in [0.717, 1.165) is 38.0 Å². The fourth-order valence-electron chi connectivity index (χ4n) is 3.13. The lowest BCUT2D eigenvalue weighted by molar-refractivity contribution is 0.0909. The van der Waals surface area contributed by atoms with E-state index < -0.39 is 0 Å². The van der Waals surface area contributed by atoms with E-state index in [4.69, 9.17) is 46.4 Å². The van der Waals surface area contributed by atoms with Gasteiger partial charge >= 0.3 is 0 Å². The molecule has 2 aromatic carbocycles. The number of amides is 1. The van der Waals surface area contributed by atoms with Crippen LogP contribution in [0.3, 0.4) is 0 Å². The Morgan fingerprint density at radius 3 is 2.23 bits per heavy atom. The van der Waals surface area contributed by atoms with Crippen molar-refractivity contribution in [3.05, 3.63) is 67.6 Å². The highest BCUT2D eigenvalue weighted by Crippen LogP contribution is 2.23. The van der Waals surface area contributed by atoms with Gasteiger partial charge in [0.25, 0.3) is 5.91 Å². The normalized spacial score (nSPS) is 15.8. The number of benzene rings is 2. The topological polar surface area (TPSA) is 32.3 Å². The standard InChI is InChI=1S/C19H18Cl4N2O/c20-13-1-2-17(18(23)10-13)19(26)24-16-3-5-25(6-4-16)11-12-7-14(21)9-15(22)8-12/h1-2,7-10,16H,3-6,11H2,(H,24,26). The first-order valence-electron chi connectivity index (χ1n) is 8.34. The highest BCUT2D eigenvalue weighted by molar-refractivity contribution is 6.36. The van der Waals surface area contributed by atoms with Gasteiger partial charge in [-0.1, -0.05) is 46.4 Å². The van der Waals surface area contributed by atoms with Crippen LogP contribution in [-0.4, -0.2) is 29.9 Å². The number of hydrogen-bond donors (Lipinski definition) is 1. The van der Waals surface area contributed by atoms with Crippen LogP contribution in [0.2, 0.25) is 20.1 Å². The van der Waals surface area contributed by atoms with Crippen LogP contribution < -0.4 is 5.32 Å². The number of nitrogens with one attached hydrogen (secondary N) is 1. The summed E-state index contributed by atoms with van der Waals surface area (Å²) in [5.74, 6) is -0.160. The number of rotatable bonds is 4. The van der Waals surface area contributed by atoms with Crippen molar-refractivity contribution in [3.8, 4) is 0 Å². The Labute approximate surface area is 173 Å². The van der Waals surface area contributed by atoms with Crippen molar-refractivity contribution in [2.24, 2.45) is 0 Å². The Morgan fingerprint density at radius 1 is 0.962 bits per heavy atom. The Hall–Kier alpha value is -0.970. The molecule has 0 atom stereocenters. The molecule has 26 heavy (non-hydrogen) atoms. The van der Waals surface area contributed by atoms with E-state index in [1.54, 1.807) is 24.3 Å². The Kier molecular flexibility index (Phi) is 6.70. The van der Waals surface area contributed by atoms with Crippen LogP contribution in [0.4, 0.5) is 0 Å². The van der Waals surface area contributed by atoms with E-state index in [2.05, 4.69) is 10.2 Å². The van der Waals surface area contributed by atoms with Gasteiger partial charge in [0.15, 0.2) is 0 Å². The average Bonchev–Trinajstić information content (AvgIpc) is 2.55. The number of nitrogens with zero attached hydrogens (tertiary/aromatic N) is 1. The summed E-state index contributed by atoms with van der Waals surface area (Å²) in [7, 11) is 0. The zero-order valence-corrected chi connectivity index (χ0v) is 17.0. The molecular weight excluding hydrogens is 414 g/mol. The fraction of sp³-hybridized carbons (Fsp3) is 0.316. The summed E-state index contributed by atoms with van der Waals surface area (Å²) >= 11 is 24.1. The molecule has 3 nitrogen and oxygen atoms in total. The van der Waals surface area contributed by atoms with E-state index in [0.29, 0.717) is 25.7 Å². The third kappa shape index (κ3) is 5.28. The molecule has 0 saturated carbocycles. The van der Waals surface area contributed by atoms with Gasteiger partial charge in [0.2, 0.25) is 0 Å². The van der Waals surface area contributed by atoms with Gasteiger partial charge in [-0.3, -0.25) is 9.69 Å². The van der Waals surface area contributed by atoms with Gasteiger partial charge in [0, 0.05) is 40.7 Å². The quantitative estimate of drug-likeness (QED) is 0.673. The molecule has 1 fully saturated rings. The first-order chi connectivity index (χ1) is 12.4. The molecule has 1 aliphatic rings. The van der Waals surface area contributed by atoms with Gasteiger partial charge in [-0.05, 0) is 54.8 Å². The zero-order chi connectivity index (χ0) is 18.7. The van der Waals surface area contributed by atoms with Gasteiger partial charge in [0.1, 0.15) is 0 Å². The molecule has 1 heterocycles. The highest BCUT2D eigenvalue weighted by Gasteiger charge is 2.22. The predicted molar refractivity (Wildman–Crippen MR) is 109 cm³/mol. The predicted octanol–water partition coefficient (Wildman–Crippen LogP) is 5.69. The van der Waals surface area contributed by atoms with Crippen LogP contribution in [0.15, 0.2) is 36.4 Å². The minimum absolute atomic E-state index is 0.133. The molecule has 0 radical (unpaired) electrons. The number of piperidine rings is 1. The maximum atomic E-state index is 12.4. The maximum Gasteiger partial charge on any atom is 0.253 e.